The highest BCUT2D eigenvalue weighted by Crippen LogP contribution is 2.11. The van der Waals surface area contributed by atoms with Gasteiger partial charge in [0.25, 0.3) is 11.5 Å². The van der Waals surface area contributed by atoms with Crippen molar-refractivity contribution >= 4 is 22.4 Å². The molecule has 2 aromatic rings. The van der Waals surface area contributed by atoms with Crippen LogP contribution in [0.25, 0.3) is 10.8 Å². The molecule has 1 amide bonds. The molecule has 2 rings (SSSR count). The number of nitrogens with zero attached hydrogens (tertiary/aromatic N) is 2. The normalized spacial score (nSPS) is 11.6. The van der Waals surface area contributed by atoms with Gasteiger partial charge in [-0.15, -0.1) is 0 Å². The molecule has 1 heterocycles. The third kappa shape index (κ3) is 2.90. The lowest BCUT2D eigenvalue weighted by molar-refractivity contribution is 0.0950. The molecule has 2 N–H and O–H groups in total. The number of fused-ring (bicyclic) bond motifs is 1. The highest BCUT2D eigenvalue weighted by molar-refractivity contribution is 6.04. The molecule has 1 aromatic carbocycles. The van der Waals surface area contributed by atoms with Gasteiger partial charge in [0, 0.05) is 11.1 Å². The first kappa shape index (κ1) is 13.9. The van der Waals surface area contributed by atoms with Crippen molar-refractivity contribution in [2.75, 3.05) is 0 Å². The van der Waals surface area contributed by atoms with Crippen molar-refractivity contribution in [1.82, 2.24) is 15.6 Å². The van der Waals surface area contributed by atoms with Crippen molar-refractivity contribution in [2.24, 2.45) is 5.10 Å². The molecule has 0 fully saturated rings. The fourth-order valence-corrected chi connectivity index (χ4v) is 1.90. The predicted molar refractivity (Wildman–Crippen MR) is 77.8 cm³/mol. The Bertz CT molecular complexity index is 718. The van der Waals surface area contributed by atoms with Crippen LogP contribution in [-0.2, 0) is 0 Å². The molecule has 0 saturated carbocycles. The molecule has 104 valence electrons. The smallest absolute Gasteiger partial charge is 0.267 e. The summed E-state index contributed by atoms with van der Waals surface area (Å²) in [6.45, 7) is 3.89. The second kappa shape index (κ2) is 6.10. The summed E-state index contributed by atoms with van der Waals surface area (Å²) in [5, 5.41) is 11.1. The Morgan fingerprint density at radius 3 is 2.75 bits per heavy atom. The molecule has 6 heteroatoms. The molecule has 20 heavy (non-hydrogen) atoms. The number of nitrogens with one attached hydrogen (secondary N) is 2. The second-order valence-corrected chi connectivity index (χ2v) is 4.48. The minimum Gasteiger partial charge on any atom is -0.267 e. The summed E-state index contributed by atoms with van der Waals surface area (Å²) < 4.78 is 0. The second-order valence-electron chi connectivity index (χ2n) is 4.48. The van der Waals surface area contributed by atoms with E-state index in [0.717, 1.165) is 18.6 Å². The zero-order valence-corrected chi connectivity index (χ0v) is 11.4. The molecule has 6 nitrogen and oxygen atoms in total. The standard InChI is InChI=1S/C14H16N4O2/c1-3-6-9(2)15-18-14(20)12-10-7-4-5-8-11(10)13(19)17-16-12/h4-5,7-8H,3,6H2,1-2H3,(H,17,19)(H,18,20)/b15-9-. The van der Waals surface area contributed by atoms with Crippen LogP contribution >= 0.6 is 0 Å². The van der Waals surface area contributed by atoms with Gasteiger partial charge in [0.05, 0.1) is 5.39 Å². The van der Waals surface area contributed by atoms with Gasteiger partial charge < -0.3 is 0 Å². The lowest BCUT2D eigenvalue weighted by Crippen LogP contribution is -2.23. The van der Waals surface area contributed by atoms with Crippen LogP contribution in [0.2, 0.25) is 0 Å². The van der Waals surface area contributed by atoms with Gasteiger partial charge in [0.1, 0.15) is 0 Å². The van der Waals surface area contributed by atoms with Crippen LogP contribution in [0.15, 0.2) is 34.2 Å². The van der Waals surface area contributed by atoms with Gasteiger partial charge in [-0.05, 0) is 19.4 Å². The molecule has 1 aromatic heterocycles. The third-order valence-electron chi connectivity index (χ3n) is 2.87. The molecule has 0 spiro atoms. The Labute approximate surface area is 115 Å². The summed E-state index contributed by atoms with van der Waals surface area (Å²) in [5.41, 5.74) is 3.15. The number of hydrogen-bond donors (Lipinski definition) is 2. The first-order valence-electron chi connectivity index (χ1n) is 6.44. The van der Waals surface area contributed by atoms with Crippen molar-refractivity contribution in [2.45, 2.75) is 26.7 Å². The van der Waals surface area contributed by atoms with Gasteiger partial charge in [0.2, 0.25) is 0 Å². The molecule has 0 atom stereocenters. The van der Waals surface area contributed by atoms with Crippen LogP contribution < -0.4 is 11.0 Å². The van der Waals surface area contributed by atoms with Gasteiger partial charge in [-0.2, -0.15) is 10.2 Å². The number of hydrogen-bond acceptors (Lipinski definition) is 4. The summed E-state index contributed by atoms with van der Waals surface area (Å²) >= 11 is 0. The van der Waals surface area contributed by atoms with E-state index in [-0.39, 0.29) is 11.3 Å². The third-order valence-corrected chi connectivity index (χ3v) is 2.87. The number of carbonyl (C=O) groups excluding carboxylic acids is 1. The lowest BCUT2D eigenvalue weighted by Gasteiger charge is -2.04. The minimum atomic E-state index is -0.437. The van der Waals surface area contributed by atoms with E-state index in [1.54, 1.807) is 24.3 Å². The van der Waals surface area contributed by atoms with E-state index in [9.17, 15) is 9.59 Å². The number of carbonyl (C=O) groups is 1. The zero-order valence-electron chi connectivity index (χ0n) is 11.4. The van der Waals surface area contributed by atoms with Gasteiger partial charge in [-0.25, -0.2) is 10.5 Å². The van der Waals surface area contributed by atoms with E-state index >= 15 is 0 Å². The molecule has 0 aliphatic heterocycles. The molecule has 0 aliphatic carbocycles. The quantitative estimate of drug-likeness (QED) is 0.657. The van der Waals surface area contributed by atoms with Crippen molar-refractivity contribution in [3.05, 3.63) is 40.3 Å². The Morgan fingerprint density at radius 1 is 1.35 bits per heavy atom. The van der Waals surface area contributed by atoms with Crippen LogP contribution in [0, 0.1) is 0 Å². The number of benzene rings is 1. The van der Waals surface area contributed by atoms with Crippen molar-refractivity contribution < 1.29 is 4.79 Å². The van der Waals surface area contributed by atoms with E-state index in [1.807, 2.05) is 13.8 Å². The monoisotopic (exact) mass is 272 g/mol. The van der Waals surface area contributed by atoms with E-state index in [0.29, 0.717) is 10.8 Å². The van der Waals surface area contributed by atoms with Gasteiger partial charge in [-0.3, -0.25) is 9.59 Å². The van der Waals surface area contributed by atoms with Crippen LogP contribution in [0.4, 0.5) is 0 Å². The maximum absolute atomic E-state index is 12.1. The van der Waals surface area contributed by atoms with E-state index in [1.165, 1.54) is 0 Å². The largest absolute Gasteiger partial charge is 0.292 e. The summed E-state index contributed by atoms with van der Waals surface area (Å²) in [6.07, 6.45) is 1.78. The van der Waals surface area contributed by atoms with Crippen LogP contribution in [0.5, 0.6) is 0 Å². The first-order chi connectivity index (χ1) is 9.63. The highest BCUT2D eigenvalue weighted by Gasteiger charge is 2.13. The zero-order chi connectivity index (χ0) is 14.5. The average molecular weight is 272 g/mol. The summed E-state index contributed by atoms with van der Waals surface area (Å²) in [4.78, 5) is 23.7. The molecular weight excluding hydrogens is 256 g/mol. The maximum Gasteiger partial charge on any atom is 0.292 e. The molecule has 0 saturated heterocycles. The van der Waals surface area contributed by atoms with Crippen LogP contribution in [-0.4, -0.2) is 21.8 Å². The Balaban J connectivity index is 2.34. The maximum atomic E-state index is 12.1. The lowest BCUT2D eigenvalue weighted by atomic mass is 10.1. The Kier molecular flexibility index (Phi) is 4.24. The van der Waals surface area contributed by atoms with Crippen molar-refractivity contribution in [1.29, 1.82) is 0 Å². The summed E-state index contributed by atoms with van der Waals surface area (Å²) in [6, 6.07) is 6.84. The Morgan fingerprint density at radius 2 is 2.05 bits per heavy atom. The summed E-state index contributed by atoms with van der Waals surface area (Å²) in [5.74, 6) is -0.437. The van der Waals surface area contributed by atoms with Crippen molar-refractivity contribution in [3.63, 3.8) is 0 Å². The molecular formula is C14H16N4O2. The fraction of sp³-hybridized carbons (Fsp3) is 0.286. The first-order valence-corrected chi connectivity index (χ1v) is 6.44. The predicted octanol–water partition coefficient (Wildman–Crippen LogP) is 1.83. The van der Waals surface area contributed by atoms with Gasteiger partial charge >= 0.3 is 0 Å². The SMILES string of the molecule is CCC/C(C)=N\NC(=O)c1n[nH]c(=O)c2ccccc12. The van der Waals surface area contributed by atoms with E-state index in [2.05, 4.69) is 20.7 Å². The highest BCUT2D eigenvalue weighted by atomic mass is 16.2. The Hall–Kier alpha value is -2.50. The number of hydrazone groups is 1. The fourth-order valence-electron chi connectivity index (χ4n) is 1.90. The van der Waals surface area contributed by atoms with Gasteiger partial charge in [0.15, 0.2) is 5.69 Å². The van der Waals surface area contributed by atoms with Crippen LogP contribution in [0.3, 0.4) is 0 Å². The number of rotatable bonds is 4. The topological polar surface area (TPSA) is 87.2 Å². The molecule has 0 aliphatic rings. The van der Waals surface area contributed by atoms with Gasteiger partial charge in [-0.1, -0.05) is 31.5 Å². The number of aromatic nitrogens is 2. The number of H-pyrrole nitrogens is 1. The molecule has 0 bridgehead atoms. The van der Waals surface area contributed by atoms with Crippen molar-refractivity contribution in [3.8, 4) is 0 Å². The average Bonchev–Trinajstić information content (AvgIpc) is 2.46. The van der Waals surface area contributed by atoms with E-state index < -0.39 is 5.91 Å². The number of amides is 1. The number of aromatic amines is 1. The molecule has 0 unspecified atom stereocenters. The van der Waals surface area contributed by atoms with E-state index in [4.69, 9.17) is 0 Å². The minimum absolute atomic E-state index is 0.160. The molecule has 0 radical (unpaired) electrons. The summed E-state index contributed by atoms with van der Waals surface area (Å²) in [7, 11) is 0. The van der Waals surface area contributed by atoms with Crippen LogP contribution in [0.1, 0.15) is 37.2 Å².